The van der Waals surface area contributed by atoms with Gasteiger partial charge < -0.3 is 25.6 Å². The first-order chi connectivity index (χ1) is 14.5. The van der Waals surface area contributed by atoms with Gasteiger partial charge in [-0.3, -0.25) is 9.59 Å². The molecule has 2 rings (SSSR count). The Morgan fingerprint density at radius 1 is 1.16 bits per heavy atom. The number of benzene rings is 1. The van der Waals surface area contributed by atoms with Crippen LogP contribution in [-0.2, 0) is 27.4 Å². The highest BCUT2D eigenvalue weighted by molar-refractivity contribution is 5.85. The second kappa shape index (κ2) is 10.5. The molecule has 0 radical (unpaired) electrons. The summed E-state index contributed by atoms with van der Waals surface area (Å²) in [6.45, 7) is 9.63. The number of rotatable bonds is 10. The van der Waals surface area contributed by atoms with Gasteiger partial charge >= 0.3 is 0 Å². The molecule has 2 amide bonds. The van der Waals surface area contributed by atoms with Crippen LogP contribution in [0, 0.1) is 0 Å². The van der Waals surface area contributed by atoms with Crippen LogP contribution >= 0.6 is 0 Å². The lowest BCUT2D eigenvalue weighted by Crippen LogP contribution is -2.50. The summed E-state index contributed by atoms with van der Waals surface area (Å²) in [5.74, 6) is -0.399. The summed E-state index contributed by atoms with van der Waals surface area (Å²) in [7, 11) is 0. The fourth-order valence-corrected chi connectivity index (χ4v) is 2.87. The predicted molar refractivity (Wildman–Crippen MR) is 118 cm³/mol. The van der Waals surface area contributed by atoms with Crippen LogP contribution < -0.4 is 16.4 Å². The molecular weight excluding hydrogens is 396 g/mol. The molecule has 0 aliphatic carbocycles. The van der Waals surface area contributed by atoms with Gasteiger partial charge in [-0.25, -0.2) is 0 Å². The smallest absolute Gasteiger partial charge is 0.240 e. The molecule has 4 N–H and O–H groups in total. The van der Waals surface area contributed by atoms with Gasteiger partial charge in [0, 0.05) is 17.5 Å². The van der Waals surface area contributed by atoms with Crippen molar-refractivity contribution in [2.45, 2.75) is 71.2 Å². The summed E-state index contributed by atoms with van der Waals surface area (Å²) in [5, 5.41) is 9.92. The number of ether oxygens (including phenoxy) is 1. The maximum atomic E-state index is 12.5. The van der Waals surface area contributed by atoms with Crippen molar-refractivity contribution in [2.24, 2.45) is 5.73 Å². The normalized spacial score (nSPS) is 13.0. The Bertz CT molecular complexity index is 850. The van der Waals surface area contributed by atoms with Crippen molar-refractivity contribution in [1.29, 1.82) is 0 Å². The Morgan fingerprint density at radius 3 is 2.45 bits per heavy atom. The van der Waals surface area contributed by atoms with E-state index in [2.05, 4.69) is 15.8 Å². The van der Waals surface area contributed by atoms with E-state index in [9.17, 15) is 9.59 Å². The summed E-state index contributed by atoms with van der Waals surface area (Å²) in [5.41, 5.74) is 6.88. The van der Waals surface area contributed by atoms with Crippen molar-refractivity contribution in [3.05, 3.63) is 53.4 Å². The Hall–Kier alpha value is -2.71. The zero-order chi connectivity index (χ0) is 23.1. The number of carbonyl (C=O) groups excluding carboxylic acids is 2. The number of hydrogen-bond acceptors (Lipinski definition) is 6. The van der Waals surface area contributed by atoms with Crippen LogP contribution in [0.3, 0.4) is 0 Å². The first-order valence-corrected chi connectivity index (χ1v) is 10.4. The third kappa shape index (κ3) is 8.51. The van der Waals surface area contributed by atoms with E-state index in [1.165, 1.54) is 6.26 Å². The summed E-state index contributed by atoms with van der Waals surface area (Å²) < 4.78 is 11.0. The first kappa shape index (κ1) is 24.6. The Kier molecular flexibility index (Phi) is 8.36. The van der Waals surface area contributed by atoms with Gasteiger partial charge in [0.15, 0.2) is 0 Å². The van der Waals surface area contributed by atoms with Crippen LogP contribution in [0.4, 0.5) is 0 Å². The lowest BCUT2D eigenvalue weighted by atomic mass is 10.0. The van der Waals surface area contributed by atoms with Crippen LogP contribution in [0.15, 0.2) is 41.1 Å². The molecule has 0 saturated carbocycles. The van der Waals surface area contributed by atoms with Crippen LogP contribution in [0.2, 0.25) is 0 Å². The average molecular weight is 431 g/mol. The van der Waals surface area contributed by atoms with Gasteiger partial charge in [0.25, 0.3) is 0 Å². The Labute approximate surface area is 183 Å². The molecule has 0 saturated heterocycles. The molecule has 8 heteroatoms. The van der Waals surface area contributed by atoms with Gasteiger partial charge in [0.05, 0.1) is 24.8 Å². The van der Waals surface area contributed by atoms with Gasteiger partial charge in [-0.05, 0) is 46.6 Å². The Morgan fingerprint density at radius 2 is 1.84 bits per heavy atom. The molecule has 31 heavy (non-hydrogen) atoms. The second-order valence-corrected chi connectivity index (χ2v) is 9.27. The van der Waals surface area contributed by atoms with E-state index in [-0.39, 0.29) is 30.4 Å². The molecule has 1 aromatic heterocycles. The minimum atomic E-state index is -1.06. The van der Waals surface area contributed by atoms with E-state index in [0.717, 1.165) is 11.1 Å². The fraction of sp³-hybridized carbons (Fsp3) is 0.522. The van der Waals surface area contributed by atoms with E-state index in [1.807, 2.05) is 51.1 Å². The number of nitrogens with two attached hydrogens (primary N) is 1. The minimum Gasteiger partial charge on any atom is -0.374 e. The summed E-state index contributed by atoms with van der Waals surface area (Å²) in [4.78, 5) is 24.7. The summed E-state index contributed by atoms with van der Waals surface area (Å²) in [6, 6.07) is 9.18. The van der Waals surface area contributed by atoms with Gasteiger partial charge in [-0.15, -0.1) is 0 Å². The molecule has 1 aromatic carbocycles. The van der Waals surface area contributed by atoms with Crippen LogP contribution in [0.5, 0.6) is 0 Å². The van der Waals surface area contributed by atoms with Crippen molar-refractivity contribution in [3.8, 4) is 0 Å². The molecule has 2 aromatic rings. The quantitative estimate of drug-likeness (QED) is 0.533. The van der Waals surface area contributed by atoms with Crippen molar-refractivity contribution in [2.75, 3.05) is 6.61 Å². The molecule has 0 bridgehead atoms. The second-order valence-electron chi connectivity index (χ2n) is 9.27. The number of amides is 2. The molecule has 0 aliphatic heterocycles. The number of carbonyl (C=O) groups is 2. The monoisotopic (exact) mass is 430 g/mol. The highest BCUT2D eigenvalue weighted by Crippen LogP contribution is 2.20. The van der Waals surface area contributed by atoms with Crippen molar-refractivity contribution >= 4 is 11.8 Å². The highest BCUT2D eigenvalue weighted by Gasteiger charge is 2.28. The van der Waals surface area contributed by atoms with Crippen LogP contribution in [0.1, 0.15) is 63.9 Å². The lowest BCUT2D eigenvalue weighted by molar-refractivity contribution is -0.126. The summed E-state index contributed by atoms with van der Waals surface area (Å²) >= 11 is 0. The third-order valence-corrected chi connectivity index (χ3v) is 4.43. The molecule has 0 aliphatic rings. The third-order valence-electron chi connectivity index (χ3n) is 4.43. The van der Waals surface area contributed by atoms with E-state index in [1.54, 1.807) is 13.8 Å². The van der Waals surface area contributed by atoms with Gasteiger partial charge in [-0.1, -0.05) is 35.5 Å². The number of nitrogens with zero attached hydrogens (tertiary/aromatic N) is 1. The van der Waals surface area contributed by atoms with Crippen LogP contribution in [0.25, 0.3) is 0 Å². The molecule has 0 fully saturated rings. The van der Waals surface area contributed by atoms with Crippen LogP contribution in [-0.4, -0.2) is 34.7 Å². The van der Waals surface area contributed by atoms with Crippen molar-refractivity contribution in [3.63, 3.8) is 0 Å². The molecule has 0 unspecified atom stereocenters. The maximum absolute atomic E-state index is 12.5. The number of aryl methyl sites for hydroxylation is 1. The number of hydrogen-bond donors (Lipinski definition) is 3. The SMILES string of the molecule is CC(C)(C)NC(=O)CCc1conc1[C@H](COCc1ccccc1)NC(=O)C(C)(C)N. The summed E-state index contributed by atoms with van der Waals surface area (Å²) in [6.07, 6.45) is 2.21. The lowest BCUT2D eigenvalue weighted by Gasteiger charge is -2.24. The zero-order valence-corrected chi connectivity index (χ0v) is 19.0. The topological polar surface area (TPSA) is 119 Å². The Balaban J connectivity index is 2.09. The van der Waals surface area contributed by atoms with Crippen molar-refractivity contribution in [1.82, 2.24) is 15.8 Å². The molecule has 1 heterocycles. The van der Waals surface area contributed by atoms with Gasteiger partial charge in [0.2, 0.25) is 11.8 Å². The minimum absolute atomic E-state index is 0.0661. The number of nitrogens with one attached hydrogen (secondary N) is 2. The van der Waals surface area contributed by atoms with E-state index in [4.69, 9.17) is 15.0 Å². The molecule has 8 nitrogen and oxygen atoms in total. The molecule has 1 atom stereocenters. The van der Waals surface area contributed by atoms with E-state index < -0.39 is 11.6 Å². The molecule has 0 spiro atoms. The largest absolute Gasteiger partial charge is 0.374 e. The number of aromatic nitrogens is 1. The van der Waals surface area contributed by atoms with E-state index in [0.29, 0.717) is 18.7 Å². The van der Waals surface area contributed by atoms with Gasteiger partial charge in [-0.2, -0.15) is 0 Å². The van der Waals surface area contributed by atoms with E-state index >= 15 is 0 Å². The fourth-order valence-electron chi connectivity index (χ4n) is 2.87. The van der Waals surface area contributed by atoms with Crippen molar-refractivity contribution < 1.29 is 18.8 Å². The average Bonchev–Trinajstić information content (AvgIpc) is 3.12. The van der Waals surface area contributed by atoms with Gasteiger partial charge in [0.1, 0.15) is 12.0 Å². The predicted octanol–water partition coefficient (Wildman–Crippen LogP) is 2.63. The molecular formula is C23H34N4O4. The standard InChI is InChI=1S/C23H34N4O4/c1-22(2,3)26-19(28)12-11-17-14-31-27-20(17)18(25-21(29)23(4,5)24)15-30-13-16-9-7-6-8-10-16/h6-10,14,18H,11-13,15,24H2,1-5H3,(H,25,29)(H,26,28)/t18-/m0/s1. The molecule has 170 valence electrons. The highest BCUT2D eigenvalue weighted by atomic mass is 16.5. The zero-order valence-electron chi connectivity index (χ0n) is 19.0. The first-order valence-electron chi connectivity index (χ1n) is 10.4. The maximum Gasteiger partial charge on any atom is 0.240 e.